The van der Waals surface area contributed by atoms with Gasteiger partial charge in [0.05, 0.1) is 5.92 Å². The van der Waals surface area contributed by atoms with Crippen LogP contribution < -0.4 is 10.1 Å². The fourth-order valence-corrected chi connectivity index (χ4v) is 3.50. The lowest BCUT2D eigenvalue weighted by atomic mass is 9.93. The monoisotopic (exact) mass is 337 g/mol. The Kier molecular flexibility index (Phi) is 3.62. The number of amides is 1. The van der Waals surface area contributed by atoms with Gasteiger partial charge >= 0.3 is 0 Å². The maximum atomic E-state index is 12.7. The summed E-state index contributed by atoms with van der Waals surface area (Å²) in [6.45, 7) is 8.00. The van der Waals surface area contributed by atoms with E-state index in [2.05, 4.69) is 5.32 Å². The van der Waals surface area contributed by atoms with Crippen LogP contribution in [0.4, 0.5) is 5.69 Å². The van der Waals surface area contributed by atoms with Crippen LogP contribution in [-0.2, 0) is 9.53 Å². The zero-order valence-corrected chi connectivity index (χ0v) is 15.0. The van der Waals surface area contributed by atoms with E-state index in [-0.39, 0.29) is 29.6 Å². The second-order valence-corrected chi connectivity index (χ2v) is 7.51. The molecule has 2 heterocycles. The zero-order valence-electron chi connectivity index (χ0n) is 15.0. The Morgan fingerprint density at radius 1 is 1.20 bits per heavy atom. The summed E-state index contributed by atoms with van der Waals surface area (Å²) in [6.07, 6.45) is 0.163. The predicted octanol–water partition coefficient (Wildman–Crippen LogP) is 4.35. The molecule has 2 aromatic rings. The minimum absolute atomic E-state index is 0.0143. The molecule has 0 aromatic heterocycles. The number of carbonyl (C=O) groups excluding carboxylic acids is 1. The van der Waals surface area contributed by atoms with Gasteiger partial charge in [-0.05, 0) is 51.0 Å². The number of hydrogen-bond acceptors (Lipinski definition) is 3. The van der Waals surface area contributed by atoms with Crippen molar-refractivity contribution in [2.24, 2.45) is 0 Å². The van der Waals surface area contributed by atoms with Crippen LogP contribution >= 0.6 is 0 Å². The average Bonchev–Trinajstić information content (AvgIpc) is 3.38. The van der Waals surface area contributed by atoms with Crippen LogP contribution in [0.25, 0.3) is 0 Å². The molecule has 0 bridgehead atoms. The lowest BCUT2D eigenvalue weighted by molar-refractivity contribution is -0.117. The van der Waals surface area contributed by atoms with Crippen molar-refractivity contribution in [1.82, 2.24) is 0 Å². The molecule has 4 nitrogen and oxygen atoms in total. The van der Waals surface area contributed by atoms with Crippen molar-refractivity contribution in [2.75, 3.05) is 5.32 Å². The zero-order chi connectivity index (χ0) is 17.8. The third-order valence-corrected chi connectivity index (χ3v) is 5.16. The van der Waals surface area contributed by atoms with Gasteiger partial charge in [-0.3, -0.25) is 4.79 Å². The molecule has 1 N–H and O–H groups in total. The Bertz CT molecular complexity index is 829. The summed E-state index contributed by atoms with van der Waals surface area (Å²) in [5.74, 6) is 0.631. The van der Waals surface area contributed by atoms with Gasteiger partial charge in [-0.25, -0.2) is 0 Å². The molecule has 4 heteroatoms. The maximum Gasteiger partial charge on any atom is 0.231 e. The Morgan fingerprint density at radius 3 is 2.64 bits per heavy atom. The SMILES string of the molecule is Cc1cc2c(cc1NC(=O)C(C)c1ccccc1)C1OC1C(C)(C)O2. The molecular formula is C21H23NO3. The highest BCUT2D eigenvalue weighted by molar-refractivity contribution is 5.96. The summed E-state index contributed by atoms with van der Waals surface area (Å²) in [5, 5.41) is 3.07. The number of rotatable bonds is 3. The van der Waals surface area contributed by atoms with E-state index >= 15 is 0 Å². The van der Waals surface area contributed by atoms with E-state index in [1.54, 1.807) is 0 Å². The molecule has 1 fully saturated rings. The number of benzene rings is 2. The lowest BCUT2D eigenvalue weighted by Crippen LogP contribution is -2.37. The summed E-state index contributed by atoms with van der Waals surface area (Å²) >= 11 is 0. The second kappa shape index (κ2) is 5.60. The van der Waals surface area contributed by atoms with Crippen LogP contribution in [0.3, 0.4) is 0 Å². The van der Waals surface area contributed by atoms with Crippen molar-refractivity contribution in [1.29, 1.82) is 0 Å². The van der Waals surface area contributed by atoms with E-state index in [1.807, 2.05) is 70.2 Å². The van der Waals surface area contributed by atoms with Gasteiger partial charge < -0.3 is 14.8 Å². The number of anilines is 1. The van der Waals surface area contributed by atoms with Crippen molar-refractivity contribution in [3.63, 3.8) is 0 Å². The first kappa shape index (κ1) is 16.2. The Morgan fingerprint density at radius 2 is 1.92 bits per heavy atom. The van der Waals surface area contributed by atoms with Crippen molar-refractivity contribution >= 4 is 11.6 Å². The largest absolute Gasteiger partial charge is 0.485 e. The minimum Gasteiger partial charge on any atom is -0.485 e. The fourth-order valence-electron chi connectivity index (χ4n) is 3.50. The molecule has 0 spiro atoms. The molecule has 25 heavy (non-hydrogen) atoms. The van der Waals surface area contributed by atoms with E-state index in [9.17, 15) is 4.79 Å². The Balaban J connectivity index is 1.58. The van der Waals surface area contributed by atoms with Crippen molar-refractivity contribution in [3.05, 3.63) is 59.2 Å². The van der Waals surface area contributed by atoms with Crippen LogP contribution in [0.5, 0.6) is 5.75 Å². The summed E-state index contributed by atoms with van der Waals surface area (Å²) < 4.78 is 11.9. The second-order valence-electron chi connectivity index (χ2n) is 7.51. The molecule has 0 saturated carbocycles. The summed E-state index contributed by atoms with van der Waals surface area (Å²) in [5.41, 5.74) is 3.53. The van der Waals surface area contributed by atoms with E-state index in [0.29, 0.717) is 0 Å². The fraction of sp³-hybridized carbons (Fsp3) is 0.381. The third kappa shape index (κ3) is 2.81. The number of carbonyl (C=O) groups is 1. The van der Waals surface area contributed by atoms with Gasteiger partial charge in [-0.2, -0.15) is 0 Å². The number of epoxide rings is 1. The number of aryl methyl sites for hydroxylation is 1. The first-order valence-corrected chi connectivity index (χ1v) is 8.71. The smallest absolute Gasteiger partial charge is 0.231 e. The lowest BCUT2D eigenvalue weighted by Gasteiger charge is -2.30. The first-order chi connectivity index (χ1) is 11.9. The molecule has 1 saturated heterocycles. The van der Waals surface area contributed by atoms with Crippen LogP contribution in [-0.4, -0.2) is 17.6 Å². The molecule has 130 valence electrons. The molecule has 2 aliphatic heterocycles. The molecule has 4 rings (SSSR count). The molecule has 0 aliphatic carbocycles. The standard InChI is InChI=1S/C21H23NO3/c1-12-10-17-15(18-19(24-18)21(3,4)25-17)11-16(12)22-20(23)13(2)14-8-6-5-7-9-14/h5-11,13,18-19H,1-4H3,(H,22,23). The van der Waals surface area contributed by atoms with Crippen LogP contribution in [0.1, 0.15) is 49.5 Å². The van der Waals surface area contributed by atoms with Gasteiger partial charge in [0, 0.05) is 11.3 Å². The van der Waals surface area contributed by atoms with Crippen LogP contribution in [0.2, 0.25) is 0 Å². The van der Waals surface area contributed by atoms with Crippen molar-refractivity contribution < 1.29 is 14.3 Å². The summed E-state index contributed by atoms with van der Waals surface area (Å²) in [4.78, 5) is 12.7. The Labute approximate surface area is 148 Å². The minimum atomic E-state index is -0.309. The highest BCUT2D eigenvalue weighted by atomic mass is 16.6. The van der Waals surface area contributed by atoms with E-state index < -0.39 is 0 Å². The topological polar surface area (TPSA) is 50.9 Å². The predicted molar refractivity (Wildman–Crippen MR) is 97.0 cm³/mol. The molecule has 3 unspecified atom stereocenters. The van der Waals surface area contributed by atoms with Crippen LogP contribution in [0.15, 0.2) is 42.5 Å². The van der Waals surface area contributed by atoms with Gasteiger partial charge in [0.15, 0.2) is 0 Å². The molecule has 1 amide bonds. The van der Waals surface area contributed by atoms with Gasteiger partial charge in [0.1, 0.15) is 23.6 Å². The molecular weight excluding hydrogens is 314 g/mol. The van der Waals surface area contributed by atoms with Crippen molar-refractivity contribution in [3.8, 4) is 5.75 Å². The van der Waals surface area contributed by atoms with Crippen molar-refractivity contribution in [2.45, 2.75) is 51.4 Å². The van der Waals surface area contributed by atoms with Gasteiger partial charge in [-0.1, -0.05) is 30.3 Å². The van der Waals surface area contributed by atoms with Gasteiger partial charge in [0.25, 0.3) is 0 Å². The quantitative estimate of drug-likeness (QED) is 0.847. The average molecular weight is 337 g/mol. The maximum absolute atomic E-state index is 12.7. The molecule has 0 radical (unpaired) electrons. The molecule has 2 aliphatic rings. The first-order valence-electron chi connectivity index (χ1n) is 8.71. The van der Waals surface area contributed by atoms with Gasteiger partial charge in [0.2, 0.25) is 5.91 Å². The summed E-state index contributed by atoms with van der Waals surface area (Å²) in [6, 6.07) is 13.8. The van der Waals surface area contributed by atoms with Crippen LogP contribution in [0, 0.1) is 6.92 Å². The van der Waals surface area contributed by atoms with E-state index in [4.69, 9.17) is 9.47 Å². The number of nitrogens with one attached hydrogen (secondary N) is 1. The highest BCUT2D eigenvalue weighted by Crippen LogP contribution is 2.54. The van der Waals surface area contributed by atoms with Gasteiger partial charge in [-0.15, -0.1) is 0 Å². The summed E-state index contributed by atoms with van der Waals surface area (Å²) in [7, 11) is 0. The molecule has 2 aromatic carbocycles. The highest BCUT2D eigenvalue weighted by Gasteiger charge is 2.56. The number of fused-ring (bicyclic) bond motifs is 3. The number of hydrogen-bond donors (Lipinski definition) is 1. The molecule has 3 atom stereocenters. The normalized spacial score (nSPS) is 23.7. The van der Waals surface area contributed by atoms with E-state index in [0.717, 1.165) is 28.1 Å². The third-order valence-electron chi connectivity index (χ3n) is 5.16. The van der Waals surface area contributed by atoms with E-state index in [1.165, 1.54) is 0 Å². The number of ether oxygens (including phenoxy) is 2. The Hall–Kier alpha value is -2.33.